The van der Waals surface area contributed by atoms with Gasteiger partial charge in [0.15, 0.2) is 0 Å². The number of methoxy groups -OCH3 is 1. The van der Waals surface area contributed by atoms with Gasteiger partial charge in [-0.2, -0.15) is 0 Å². The maximum atomic E-state index is 10.0. The van der Waals surface area contributed by atoms with Crippen molar-refractivity contribution in [1.29, 1.82) is 0 Å². The van der Waals surface area contributed by atoms with Crippen LogP contribution in [0.2, 0.25) is 0 Å². The molecule has 104 valence electrons. The number of β-amino-alcohol motifs (C(OH)–C–C–N with tert-alkyl or cyclic N) is 1. The van der Waals surface area contributed by atoms with Crippen LogP contribution in [0.25, 0.3) is 0 Å². The average Bonchev–Trinajstić information content (AvgIpc) is 2.41. The number of hydrogen-bond donors (Lipinski definition) is 2. The van der Waals surface area contributed by atoms with E-state index in [1.807, 2.05) is 18.2 Å². The second-order valence-electron chi connectivity index (χ2n) is 5.03. The quantitative estimate of drug-likeness (QED) is 0.823. The van der Waals surface area contributed by atoms with Gasteiger partial charge < -0.3 is 20.5 Å². The van der Waals surface area contributed by atoms with Gasteiger partial charge in [-0.3, -0.25) is 0 Å². The van der Waals surface area contributed by atoms with Crippen LogP contribution in [0.3, 0.4) is 0 Å². The number of aliphatic hydroxyl groups is 1. The van der Waals surface area contributed by atoms with Crippen LogP contribution >= 0.6 is 12.2 Å². The van der Waals surface area contributed by atoms with E-state index in [1.165, 1.54) is 0 Å². The first-order valence-electron chi connectivity index (χ1n) is 6.43. The van der Waals surface area contributed by atoms with Gasteiger partial charge >= 0.3 is 0 Å². The Labute approximate surface area is 119 Å². The Morgan fingerprint density at radius 2 is 2.26 bits per heavy atom. The molecule has 0 spiro atoms. The van der Waals surface area contributed by atoms with Crippen LogP contribution in [0.5, 0.6) is 5.75 Å². The van der Waals surface area contributed by atoms with Crippen LogP contribution in [0.1, 0.15) is 18.9 Å². The number of aliphatic hydroxyl groups excluding tert-OH is 1. The number of benzene rings is 1. The number of ether oxygens (including phenoxy) is 1. The molecule has 1 aliphatic heterocycles. The minimum atomic E-state index is -0.320. The molecule has 2 atom stereocenters. The molecule has 5 heteroatoms. The van der Waals surface area contributed by atoms with Crippen molar-refractivity contribution in [2.75, 3.05) is 25.1 Å². The largest absolute Gasteiger partial charge is 0.497 e. The molecule has 1 aliphatic rings. The summed E-state index contributed by atoms with van der Waals surface area (Å²) in [5, 5.41) is 10.0. The summed E-state index contributed by atoms with van der Waals surface area (Å²) >= 11 is 5.10. The molecule has 19 heavy (non-hydrogen) atoms. The summed E-state index contributed by atoms with van der Waals surface area (Å²) in [4.78, 5) is 2.49. The Bertz CT molecular complexity index is 479. The van der Waals surface area contributed by atoms with Crippen LogP contribution in [0, 0.1) is 5.92 Å². The molecule has 1 fully saturated rings. The van der Waals surface area contributed by atoms with E-state index in [4.69, 9.17) is 22.7 Å². The molecule has 4 nitrogen and oxygen atoms in total. The van der Waals surface area contributed by atoms with E-state index in [-0.39, 0.29) is 6.10 Å². The van der Waals surface area contributed by atoms with E-state index in [1.54, 1.807) is 7.11 Å². The SMILES string of the molecule is COc1ccc(C(N)=S)c(N2CCC(C)C(O)C2)c1. The van der Waals surface area contributed by atoms with Gasteiger partial charge in [0.2, 0.25) is 0 Å². The van der Waals surface area contributed by atoms with E-state index < -0.39 is 0 Å². The fourth-order valence-corrected chi connectivity index (χ4v) is 2.55. The number of nitrogens with two attached hydrogens (primary N) is 1. The van der Waals surface area contributed by atoms with Gasteiger partial charge in [0, 0.05) is 24.7 Å². The Morgan fingerprint density at radius 1 is 1.53 bits per heavy atom. The van der Waals surface area contributed by atoms with Gasteiger partial charge in [0.1, 0.15) is 10.7 Å². The van der Waals surface area contributed by atoms with Crippen LogP contribution < -0.4 is 15.4 Å². The molecule has 3 N–H and O–H groups in total. The van der Waals surface area contributed by atoms with Crippen molar-refractivity contribution < 1.29 is 9.84 Å². The smallest absolute Gasteiger partial charge is 0.120 e. The van der Waals surface area contributed by atoms with E-state index in [2.05, 4.69) is 11.8 Å². The molecule has 1 aromatic rings. The lowest BCUT2D eigenvalue weighted by Crippen LogP contribution is -2.43. The van der Waals surface area contributed by atoms with E-state index in [9.17, 15) is 5.11 Å². The Morgan fingerprint density at radius 3 is 2.84 bits per heavy atom. The van der Waals surface area contributed by atoms with Gasteiger partial charge in [-0.25, -0.2) is 0 Å². The van der Waals surface area contributed by atoms with Crippen LogP contribution in [0.4, 0.5) is 5.69 Å². The summed E-state index contributed by atoms with van der Waals surface area (Å²) in [5.74, 6) is 1.10. The highest BCUT2D eigenvalue weighted by molar-refractivity contribution is 7.80. The lowest BCUT2D eigenvalue weighted by molar-refractivity contribution is 0.103. The first-order valence-corrected chi connectivity index (χ1v) is 6.84. The molecule has 1 heterocycles. The zero-order valence-electron chi connectivity index (χ0n) is 11.3. The summed E-state index contributed by atoms with van der Waals surface area (Å²) in [7, 11) is 1.63. The predicted molar refractivity (Wildman–Crippen MR) is 80.9 cm³/mol. The van der Waals surface area contributed by atoms with Gasteiger partial charge in [-0.15, -0.1) is 0 Å². The molecular weight excluding hydrogens is 260 g/mol. The van der Waals surface area contributed by atoms with E-state index >= 15 is 0 Å². The topological polar surface area (TPSA) is 58.7 Å². The van der Waals surface area contributed by atoms with Crippen LogP contribution in [-0.2, 0) is 0 Å². The highest BCUT2D eigenvalue weighted by Gasteiger charge is 2.26. The van der Waals surface area contributed by atoms with Crippen molar-refractivity contribution in [2.24, 2.45) is 11.7 Å². The molecule has 2 unspecified atom stereocenters. The molecule has 1 saturated heterocycles. The average molecular weight is 280 g/mol. The third-order valence-electron chi connectivity index (χ3n) is 3.73. The number of rotatable bonds is 3. The molecule has 0 aromatic heterocycles. The Hall–Kier alpha value is -1.33. The highest BCUT2D eigenvalue weighted by Crippen LogP contribution is 2.30. The molecule has 0 amide bonds. The summed E-state index contributed by atoms with van der Waals surface area (Å²) in [5.41, 5.74) is 7.55. The zero-order chi connectivity index (χ0) is 14.0. The maximum absolute atomic E-state index is 10.0. The first kappa shape index (κ1) is 14.1. The van der Waals surface area contributed by atoms with Crippen molar-refractivity contribution in [1.82, 2.24) is 0 Å². The molecular formula is C14H20N2O2S. The lowest BCUT2D eigenvalue weighted by Gasteiger charge is -2.36. The van der Waals surface area contributed by atoms with E-state index in [0.29, 0.717) is 17.5 Å². The normalized spacial score (nSPS) is 23.2. The van der Waals surface area contributed by atoms with Crippen molar-refractivity contribution in [3.05, 3.63) is 23.8 Å². The molecule has 0 aliphatic carbocycles. The van der Waals surface area contributed by atoms with Crippen molar-refractivity contribution >= 4 is 22.9 Å². The Balaban J connectivity index is 2.34. The molecule has 0 saturated carbocycles. The molecule has 1 aromatic carbocycles. The van der Waals surface area contributed by atoms with Gasteiger partial charge in [0.25, 0.3) is 0 Å². The summed E-state index contributed by atoms with van der Waals surface area (Å²) in [6, 6.07) is 5.65. The van der Waals surface area contributed by atoms with Crippen molar-refractivity contribution in [3.8, 4) is 5.75 Å². The third-order valence-corrected chi connectivity index (χ3v) is 3.95. The lowest BCUT2D eigenvalue weighted by atomic mass is 9.95. The second-order valence-corrected chi connectivity index (χ2v) is 5.47. The highest BCUT2D eigenvalue weighted by atomic mass is 32.1. The van der Waals surface area contributed by atoms with Crippen molar-refractivity contribution in [2.45, 2.75) is 19.4 Å². The fourth-order valence-electron chi connectivity index (χ4n) is 2.38. The molecule has 0 bridgehead atoms. The summed E-state index contributed by atoms with van der Waals surface area (Å²) < 4.78 is 5.26. The maximum Gasteiger partial charge on any atom is 0.120 e. The summed E-state index contributed by atoms with van der Waals surface area (Å²) in [6.07, 6.45) is 0.633. The Kier molecular flexibility index (Phi) is 4.27. The minimum absolute atomic E-state index is 0.320. The molecule has 2 rings (SSSR count). The van der Waals surface area contributed by atoms with Crippen molar-refractivity contribution in [3.63, 3.8) is 0 Å². The standard InChI is InChI=1S/C14H20N2O2S/c1-9-5-6-16(8-13(9)17)12-7-10(18-2)3-4-11(12)14(15)19/h3-4,7,9,13,17H,5-6,8H2,1-2H3,(H2,15,19). The second kappa shape index (κ2) is 5.75. The number of piperidine rings is 1. The van der Waals surface area contributed by atoms with Gasteiger partial charge in [-0.05, 0) is 24.5 Å². The zero-order valence-corrected chi connectivity index (χ0v) is 12.1. The number of thiocarbonyl (C=S) groups is 1. The first-order chi connectivity index (χ1) is 9.02. The van der Waals surface area contributed by atoms with Gasteiger partial charge in [-0.1, -0.05) is 19.1 Å². The fraction of sp³-hybridized carbons (Fsp3) is 0.500. The predicted octanol–water partition coefficient (Wildman–Crippen LogP) is 1.54. The van der Waals surface area contributed by atoms with Crippen LogP contribution in [-0.4, -0.2) is 36.4 Å². The number of hydrogen-bond acceptors (Lipinski definition) is 4. The molecule has 0 radical (unpaired) electrons. The van der Waals surface area contributed by atoms with Gasteiger partial charge in [0.05, 0.1) is 18.9 Å². The minimum Gasteiger partial charge on any atom is -0.497 e. The van der Waals surface area contributed by atoms with Crippen LogP contribution in [0.15, 0.2) is 18.2 Å². The third kappa shape index (κ3) is 2.98. The van der Waals surface area contributed by atoms with E-state index in [0.717, 1.165) is 30.0 Å². The number of anilines is 1. The number of nitrogens with zero attached hydrogens (tertiary/aromatic N) is 1. The monoisotopic (exact) mass is 280 g/mol. The summed E-state index contributed by atoms with van der Waals surface area (Å²) in [6.45, 7) is 3.56.